The van der Waals surface area contributed by atoms with Crippen molar-refractivity contribution in [1.82, 2.24) is 0 Å². The zero-order valence-corrected chi connectivity index (χ0v) is 16.9. The number of carbonyl (C=O) groups is 2. The number of fused-ring (bicyclic) bond motifs is 4. The van der Waals surface area contributed by atoms with Crippen LogP contribution in [0.1, 0.15) is 72.4 Å². The molecule has 2 aliphatic rings. The second-order valence-electron chi connectivity index (χ2n) is 8.81. The predicted octanol–water partition coefficient (Wildman–Crippen LogP) is 4.36. The molecule has 0 bridgehead atoms. The summed E-state index contributed by atoms with van der Waals surface area (Å²) in [6.07, 6.45) is 1.67. The van der Waals surface area contributed by atoms with E-state index < -0.39 is 5.66 Å². The first-order valence-corrected chi connectivity index (χ1v) is 9.93. The van der Waals surface area contributed by atoms with Crippen LogP contribution in [0.5, 0.6) is 0 Å². The van der Waals surface area contributed by atoms with Gasteiger partial charge in [0.15, 0.2) is 11.6 Å². The minimum absolute atomic E-state index is 0.119. The van der Waals surface area contributed by atoms with E-state index in [1.165, 1.54) is 0 Å². The van der Waals surface area contributed by atoms with Gasteiger partial charge in [-0.25, -0.2) is 5.84 Å². The summed E-state index contributed by atoms with van der Waals surface area (Å²) in [7, 11) is 0. The van der Waals surface area contributed by atoms with Crippen molar-refractivity contribution in [2.24, 2.45) is 17.7 Å². The molecule has 0 amide bonds. The van der Waals surface area contributed by atoms with Crippen LogP contribution >= 0.6 is 0 Å². The lowest BCUT2D eigenvalue weighted by Crippen LogP contribution is -2.56. The minimum Gasteiger partial charge on any atom is -0.360 e. The number of carbonyl (C=O) groups excluding carboxylic acids is 2. The number of nitrogens with two attached hydrogens (primary N) is 1. The smallest absolute Gasteiger partial charge is 0.196 e. The first-order chi connectivity index (χ1) is 13.2. The molecule has 2 aromatic carbocycles. The highest BCUT2D eigenvalue weighted by molar-refractivity contribution is 6.31. The van der Waals surface area contributed by atoms with Crippen molar-refractivity contribution in [2.45, 2.75) is 46.2 Å². The standard InChI is InChI=1S/C23H27N3O2/c1-13(2)11-23(12-14(3)4)25-18-10-9-17-19(20(18)26(23)24)22(28)16-8-6-5-7-15(16)21(17)27/h5-10,13-14,25H,11-12,24H2,1-4H3. The number of hydrazine groups is 1. The van der Waals surface area contributed by atoms with E-state index in [9.17, 15) is 9.59 Å². The van der Waals surface area contributed by atoms with Gasteiger partial charge in [-0.3, -0.25) is 14.6 Å². The number of anilines is 2. The molecule has 4 rings (SSSR count). The molecule has 5 heteroatoms. The average molecular weight is 377 g/mol. The van der Waals surface area contributed by atoms with Crippen LogP contribution in [0.2, 0.25) is 0 Å². The topological polar surface area (TPSA) is 75.4 Å². The molecule has 0 aromatic heterocycles. The monoisotopic (exact) mass is 377 g/mol. The molecule has 2 aromatic rings. The van der Waals surface area contributed by atoms with E-state index >= 15 is 0 Å². The van der Waals surface area contributed by atoms with E-state index in [-0.39, 0.29) is 11.6 Å². The highest BCUT2D eigenvalue weighted by atomic mass is 16.1. The predicted molar refractivity (Wildman–Crippen MR) is 112 cm³/mol. The third-order valence-corrected chi connectivity index (χ3v) is 5.63. The molecule has 1 aliphatic heterocycles. The average Bonchev–Trinajstić information content (AvgIpc) is 2.89. The third-order valence-electron chi connectivity index (χ3n) is 5.63. The van der Waals surface area contributed by atoms with Gasteiger partial charge in [0.1, 0.15) is 5.66 Å². The lowest BCUT2D eigenvalue weighted by Gasteiger charge is -2.40. The fourth-order valence-electron chi connectivity index (χ4n) is 4.78. The normalized spacial score (nSPS) is 16.9. The van der Waals surface area contributed by atoms with Gasteiger partial charge in [0, 0.05) is 16.7 Å². The second-order valence-corrected chi connectivity index (χ2v) is 8.81. The number of ketones is 2. The van der Waals surface area contributed by atoms with E-state index in [0.717, 1.165) is 18.5 Å². The van der Waals surface area contributed by atoms with Crippen molar-refractivity contribution in [3.63, 3.8) is 0 Å². The fourth-order valence-corrected chi connectivity index (χ4v) is 4.78. The Labute approximate surface area is 165 Å². The molecule has 5 nitrogen and oxygen atoms in total. The van der Waals surface area contributed by atoms with Gasteiger partial charge in [0.05, 0.1) is 16.9 Å². The Hall–Kier alpha value is -2.66. The Balaban J connectivity index is 1.89. The number of nitrogens with zero attached hydrogens (tertiary/aromatic N) is 1. The van der Waals surface area contributed by atoms with Crippen LogP contribution in [-0.4, -0.2) is 17.2 Å². The first-order valence-electron chi connectivity index (χ1n) is 9.93. The number of hydrogen-bond acceptors (Lipinski definition) is 5. The Morgan fingerprint density at radius 3 is 2.04 bits per heavy atom. The van der Waals surface area contributed by atoms with Crippen LogP contribution in [0.15, 0.2) is 36.4 Å². The molecular formula is C23H27N3O2. The van der Waals surface area contributed by atoms with E-state index in [4.69, 9.17) is 5.84 Å². The third kappa shape index (κ3) is 2.65. The van der Waals surface area contributed by atoms with Gasteiger partial charge < -0.3 is 5.32 Å². The molecule has 3 N–H and O–H groups in total. The number of benzene rings is 2. The molecule has 0 spiro atoms. The van der Waals surface area contributed by atoms with Gasteiger partial charge in [-0.05, 0) is 36.8 Å². The summed E-state index contributed by atoms with van der Waals surface area (Å²) in [5.74, 6) is 7.26. The summed E-state index contributed by atoms with van der Waals surface area (Å²) in [6.45, 7) is 8.67. The van der Waals surface area contributed by atoms with Crippen LogP contribution < -0.4 is 16.2 Å². The molecule has 1 aliphatic carbocycles. The van der Waals surface area contributed by atoms with Crippen molar-refractivity contribution >= 4 is 22.9 Å². The molecule has 146 valence electrons. The fraction of sp³-hybridized carbons (Fsp3) is 0.391. The number of nitrogens with one attached hydrogen (secondary N) is 1. The summed E-state index contributed by atoms with van der Waals surface area (Å²) in [5, 5.41) is 5.33. The molecule has 0 radical (unpaired) electrons. The lowest BCUT2D eigenvalue weighted by atomic mass is 9.83. The minimum atomic E-state index is -0.472. The quantitative estimate of drug-likeness (QED) is 0.661. The van der Waals surface area contributed by atoms with E-state index in [1.807, 2.05) is 6.07 Å². The number of rotatable bonds is 4. The zero-order valence-electron chi connectivity index (χ0n) is 16.9. The Kier molecular flexibility index (Phi) is 4.31. The lowest BCUT2D eigenvalue weighted by molar-refractivity contribution is 0.0979. The van der Waals surface area contributed by atoms with Crippen molar-refractivity contribution < 1.29 is 9.59 Å². The van der Waals surface area contributed by atoms with Gasteiger partial charge in [0.25, 0.3) is 0 Å². The molecule has 0 atom stereocenters. The summed E-state index contributed by atoms with van der Waals surface area (Å²) < 4.78 is 0. The summed E-state index contributed by atoms with van der Waals surface area (Å²) >= 11 is 0. The van der Waals surface area contributed by atoms with E-state index in [2.05, 4.69) is 33.0 Å². The Morgan fingerprint density at radius 1 is 0.893 bits per heavy atom. The second kappa shape index (κ2) is 6.45. The molecule has 28 heavy (non-hydrogen) atoms. The summed E-state index contributed by atoms with van der Waals surface area (Å²) in [4.78, 5) is 26.4. The van der Waals surface area contributed by atoms with Gasteiger partial charge in [-0.1, -0.05) is 52.0 Å². The van der Waals surface area contributed by atoms with Crippen LogP contribution in [-0.2, 0) is 0 Å². The molecule has 0 saturated carbocycles. The highest BCUT2D eigenvalue weighted by Gasteiger charge is 2.46. The summed E-state index contributed by atoms with van der Waals surface area (Å²) in [6, 6.07) is 10.7. The van der Waals surface area contributed by atoms with Crippen LogP contribution in [0, 0.1) is 11.8 Å². The largest absolute Gasteiger partial charge is 0.360 e. The molecular weight excluding hydrogens is 350 g/mol. The van der Waals surface area contributed by atoms with Gasteiger partial charge in [0.2, 0.25) is 0 Å². The molecule has 0 fully saturated rings. The Morgan fingerprint density at radius 2 is 1.46 bits per heavy atom. The van der Waals surface area contributed by atoms with Crippen LogP contribution in [0.4, 0.5) is 11.4 Å². The van der Waals surface area contributed by atoms with E-state index in [0.29, 0.717) is 39.8 Å². The van der Waals surface area contributed by atoms with Crippen LogP contribution in [0.25, 0.3) is 0 Å². The van der Waals surface area contributed by atoms with Crippen molar-refractivity contribution in [3.8, 4) is 0 Å². The van der Waals surface area contributed by atoms with Crippen LogP contribution in [0.3, 0.4) is 0 Å². The van der Waals surface area contributed by atoms with Gasteiger partial charge >= 0.3 is 0 Å². The van der Waals surface area contributed by atoms with Gasteiger partial charge in [-0.2, -0.15) is 0 Å². The van der Waals surface area contributed by atoms with Crippen molar-refractivity contribution in [3.05, 3.63) is 58.7 Å². The zero-order chi connectivity index (χ0) is 20.2. The molecule has 1 heterocycles. The Bertz CT molecular complexity index is 968. The maximum Gasteiger partial charge on any atom is 0.196 e. The molecule has 0 unspecified atom stereocenters. The van der Waals surface area contributed by atoms with E-state index in [1.54, 1.807) is 35.3 Å². The van der Waals surface area contributed by atoms with Crippen molar-refractivity contribution in [2.75, 3.05) is 10.3 Å². The molecule has 0 saturated heterocycles. The first kappa shape index (κ1) is 18.7. The number of hydrogen-bond donors (Lipinski definition) is 2. The maximum absolute atomic E-state index is 13.4. The van der Waals surface area contributed by atoms with Crippen molar-refractivity contribution in [1.29, 1.82) is 0 Å². The van der Waals surface area contributed by atoms with Gasteiger partial charge in [-0.15, -0.1) is 0 Å². The maximum atomic E-state index is 13.4. The summed E-state index contributed by atoms with van der Waals surface area (Å²) in [5.41, 5.74) is 2.77. The highest BCUT2D eigenvalue weighted by Crippen LogP contribution is 2.48. The SMILES string of the molecule is CC(C)CC1(CC(C)C)Nc2ccc3c(c2N1N)C(=O)c1ccccc1C3=O.